The minimum absolute atomic E-state index is 0.157. The van der Waals surface area contributed by atoms with Crippen LogP contribution in [0, 0.1) is 0 Å². The van der Waals surface area contributed by atoms with Crippen LogP contribution in [-0.4, -0.2) is 48.7 Å². The largest absolute Gasteiger partial charge is 0.461 e. The Hall–Kier alpha value is -2.08. The molecule has 1 amide bonds. The van der Waals surface area contributed by atoms with E-state index >= 15 is 0 Å². The SMILES string of the molecule is CCCCN(CCCNC(=O)OC(C)(C)C)CCCC(=O)OCc1ccccc1. The lowest BCUT2D eigenvalue weighted by molar-refractivity contribution is -0.145. The van der Waals surface area contributed by atoms with Crippen LogP contribution < -0.4 is 5.32 Å². The summed E-state index contributed by atoms with van der Waals surface area (Å²) in [6.45, 7) is 11.4. The Balaban J connectivity index is 2.22. The Kier molecular flexibility index (Phi) is 12.0. The van der Waals surface area contributed by atoms with Crippen LogP contribution in [0.15, 0.2) is 30.3 Å². The van der Waals surface area contributed by atoms with Gasteiger partial charge in [0.05, 0.1) is 0 Å². The number of alkyl carbamates (subject to hydrolysis) is 1. The summed E-state index contributed by atoms with van der Waals surface area (Å²) in [5.74, 6) is -0.157. The lowest BCUT2D eigenvalue weighted by Crippen LogP contribution is -2.35. The maximum absolute atomic E-state index is 12.0. The Morgan fingerprint density at radius 2 is 1.66 bits per heavy atom. The number of rotatable bonds is 13. The van der Waals surface area contributed by atoms with E-state index < -0.39 is 5.60 Å². The molecule has 29 heavy (non-hydrogen) atoms. The van der Waals surface area contributed by atoms with E-state index in [1.165, 1.54) is 0 Å². The number of carbonyl (C=O) groups excluding carboxylic acids is 2. The van der Waals surface area contributed by atoms with Gasteiger partial charge in [0, 0.05) is 13.0 Å². The highest BCUT2D eigenvalue weighted by Gasteiger charge is 2.15. The Labute approximate surface area is 175 Å². The standard InChI is InChI=1S/C23H38N2O4/c1-5-6-16-25(18-11-15-24-22(27)29-23(2,3)4)17-10-14-21(26)28-19-20-12-8-7-9-13-20/h7-9,12-13H,5-6,10-11,14-19H2,1-4H3,(H,24,27). The summed E-state index contributed by atoms with van der Waals surface area (Å²) < 4.78 is 10.6. The second kappa shape index (κ2) is 14.0. The van der Waals surface area contributed by atoms with Crippen molar-refractivity contribution < 1.29 is 19.1 Å². The molecule has 0 fully saturated rings. The fourth-order valence-electron chi connectivity index (χ4n) is 2.78. The molecule has 0 radical (unpaired) electrons. The van der Waals surface area contributed by atoms with Crippen molar-refractivity contribution in [2.24, 2.45) is 0 Å². The van der Waals surface area contributed by atoms with Crippen LogP contribution >= 0.6 is 0 Å². The Morgan fingerprint density at radius 1 is 1.00 bits per heavy atom. The smallest absolute Gasteiger partial charge is 0.407 e. The van der Waals surface area contributed by atoms with Gasteiger partial charge in [-0.15, -0.1) is 0 Å². The van der Waals surface area contributed by atoms with Gasteiger partial charge in [0.15, 0.2) is 0 Å². The van der Waals surface area contributed by atoms with Gasteiger partial charge in [-0.25, -0.2) is 4.79 Å². The van der Waals surface area contributed by atoms with Crippen molar-refractivity contribution in [3.05, 3.63) is 35.9 Å². The molecule has 6 nitrogen and oxygen atoms in total. The van der Waals surface area contributed by atoms with Crippen LogP contribution in [0.2, 0.25) is 0 Å². The number of carbonyl (C=O) groups is 2. The first kappa shape index (κ1) is 25.0. The summed E-state index contributed by atoms with van der Waals surface area (Å²) in [6.07, 6.45) is 3.92. The molecule has 0 bridgehead atoms. The molecule has 0 aliphatic rings. The summed E-state index contributed by atoms with van der Waals surface area (Å²) in [7, 11) is 0. The summed E-state index contributed by atoms with van der Waals surface area (Å²) in [5, 5.41) is 2.80. The van der Waals surface area contributed by atoms with Crippen molar-refractivity contribution in [1.82, 2.24) is 10.2 Å². The average Bonchev–Trinajstić information content (AvgIpc) is 2.66. The van der Waals surface area contributed by atoms with Gasteiger partial charge in [-0.2, -0.15) is 0 Å². The lowest BCUT2D eigenvalue weighted by atomic mass is 10.2. The predicted molar refractivity (Wildman–Crippen MR) is 116 cm³/mol. The molecule has 1 aromatic rings. The van der Waals surface area contributed by atoms with E-state index in [9.17, 15) is 9.59 Å². The number of amides is 1. The maximum Gasteiger partial charge on any atom is 0.407 e. The van der Waals surface area contributed by atoms with Crippen molar-refractivity contribution in [1.29, 1.82) is 0 Å². The van der Waals surface area contributed by atoms with Gasteiger partial charge in [-0.1, -0.05) is 43.7 Å². The van der Waals surface area contributed by atoms with E-state index in [-0.39, 0.29) is 12.1 Å². The first-order valence-corrected chi connectivity index (χ1v) is 10.7. The van der Waals surface area contributed by atoms with Gasteiger partial charge in [0.1, 0.15) is 12.2 Å². The highest BCUT2D eigenvalue weighted by molar-refractivity contribution is 5.69. The topological polar surface area (TPSA) is 67.9 Å². The van der Waals surface area contributed by atoms with Crippen molar-refractivity contribution in [3.63, 3.8) is 0 Å². The fourth-order valence-corrected chi connectivity index (χ4v) is 2.78. The van der Waals surface area contributed by atoms with Crippen LogP contribution in [0.3, 0.4) is 0 Å². The number of esters is 1. The summed E-state index contributed by atoms with van der Waals surface area (Å²) in [5.41, 5.74) is 0.523. The minimum atomic E-state index is -0.480. The highest BCUT2D eigenvalue weighted by Crippen LogP contribution is 2.07. The number of nitrogens with zero attached hydrogens (tertiary/aromatic N) is 1. The molecule has 6 heteroatoms. The van der Waals surface area contributed by atoms with E-state index in [1.54, 1.807) is 0 Å². The first-order chi connectivity index (χ1) is 13.8. The fraction of sp³-hybridized carbons (Fsp3) is 0.652. The second-order valence-electron chi connectivity index (χ2n) is 8.23. The number of ether oxygens (including phenoxy) is 2. The predicted octanol–water partition coefficient (Wildman–Crippen LogP) is 4.53. The third kappa shape index (κ3) is 13.7. The molecular formula is C23H38N2O4. The molecular weight excluding hydrogens is 368 g/mol. The molecule has 0 spiro atoms. The number of unbranched alkanes of at least 4 members (excludes halogenated alkanes) is 1. The van der Waals surface area contributed by atoms with Crippen LogP contribution in [0.5, 0.6) is 0 Å². The van der Waals surface area contributed by atoms with Crippen molar-refractivity contribution in [2.75, 3.05) is 26.2 Å². The van der Waals surface area contributed by atoms with E-state index in [0.29, 0.717) is 19.6 Å². The van der Waals surface area contributed by atoms with Gasteiger partial charge in [0.2, 0.25) is 0 Å². The van der Waals surface area contributed by atoms with Crippen molar-refractivity contribution in [2.45, 2.75) is 72.0 Å². The number of benzene rings is 1. The molecule has 0 unspecified atom stereocenters. The number of hydrogen-bond donors (Lipinski definition) is 1. The monoisotopic (exact) mass is 406 g/mol. The van der Waals surface area contributed by atoms with Gasteiger partial charge >= 0.3 is 12.1 Å². The summed E-state index contributed by atoms with van der Waals surface area (Å²) in [4.78, 5) is 26.0. The summed E-state index contributed by atoms with van der Waals surface area (Å²) >= 11 is 0. The third-order valence-corrected chi connectivity index (χ3v) is 4.25. The molecule has 0 heterocycles. The molecule has 1 rings (SSSR count). The van der Waals surface area contributed by atoms with Gasteiger partial charge < -0.3 is 19.7 Å². The lowest BCUT2D eigenvalue weighted by Gasteiger charge is -2.23. The van der Waals surface area contributed by atoms with E-state index in [2.05, 4.69) is 17.1 Å². The van der Waals surface area contributed by atoms with E-state index in [1.807, 2.05) is 51.1 Å². The zero-order chi connectivity index (χ0) is 21.5. The van der Waals surface area contributed by atoms with E-state index in [4.69, 9.17) is 9.47 Å². The molecule has 0 atom stereocenters. The molecule has 0 aliphatic heterocycles. The van der Waals surface area contributed by atoms with Gasteiger partial charge in [-0.05, 0) is 65.2 Å². The molecule has 0 aromatic heterocycles. The first-order valence-electron chi connectivity index (χ1n) is 10.7. The van der Waals surface area contributed by atoms with Gasteiger partial charge in [0.25, 0.3) is 0 Å². The average molecular weight is 407 g/mol. The second-order valence-corrected chi connectivity index (χ2v) is 8.23. The highest BCUT2D eigenvalue weighted by atomic mass is 16.6. The molecule has 0 aliphatic carbocycles. The normalized spacial score (nSPS) is 11.3. The molecule has 1 N–H and O–H groups in total. The molecule has 0 saturated carbocycles. The molecule has 1 aromatic carbocycles. The zero-order valence-electron chi connectivity index (χ0n) is 18.5. The van der Waals surface area contributed by atoms with Gasteiger partial charge in [-0.3, -0.25) is 4.79 Å². The van der Waals surface area contributed by atoms with E-state index in [0.717, 1.165) is 50.9 Å². The number of hydrogen-bond acceptors (Lipinski definition) is 5. The Morgan fingerprint density at radius 3 is 2.31 bits per heavy atom. The third-order valence-electron chi connectivity index (χ3n) is 4.25. The van der Waals surface area contributed by atoms with Crippen LogP contribution in [0.1, 0.15) is 65.4 Å². The molecule has 164 valence electrons. The maximum atomic E-state index is 12.0. The van der Waals surface area contributed by atoms with Crippen LogP contribution in [-0.2, 0) is 20.9 Å². The summed E-state index contributed by atoms with van der Waals surface area (Å²) in [6, 6.07) is 9.72. The Bertz CT molecular complexity index is 584. The van der Waals surface area contributed by atoms with Crippen LogP contribution in [0.25, 0.3) is 0 Å². The van der Waals surface area contributed by atoms with Crippen molar-refractivity contribution in [3.8, 4) is 0 Å². The van der Waals surface area contributed by atoms with Crippen molar-refractivity contribution >= 4 is 12.1 Å². The molecule has 0 saturated heterocycles. The zero-order valence-corrected chi connectivity index (χ0v) is 18.5. The van der Waals surface area contributed by atoms with Crippen LogP contribution in [0.4, 0.5) is 4.79 Å². The number of nitrogens with one attached hydrogen (secondary N) is 1. The quantitative estimate of drug-likeness (QED) is 0.385. The minimum Gasteiger partial charge on any atom is -0.461 e.